The van der Waals surface area contributed by atoms with Gasteiger partial charge < -0.3 is 20.8 Å². The lowest BCUT2D eigenvalue weighted by Crippen LogP contribution is -2.36. The quantitative estimate of drug-likeness (QED) is 0.583. The van der Waals surface area contributed by atoms with Gasteiger partial charge in [-0.15, -0.1) is 0 Å². The molecule has 3 atom stereocenters. The Morgan fingerprint density at radius 1 is 1.21 bits per heavy atom. The van der Waals surface area contributed by atoms with Crippen molar-refractivity contribution >= 4 is 17.4 Å². The number of aliphatic hydroxyl groups excluding tert-OH is 2. The van der Waals surface area contributed by atoms with E-state index in [1.54, 1.807) is 0 Å². The van der Waals surface area contributed by atoms with Crippen molar-refractivity contribution in [2.45, 2.75) is 44.2 Å². The Morgan fingerprint density at radius 3 is 2.79 bits per heavy atom. The van der Waals surface area contributed by atoms with Gasteiger partial charge in [0.25, 0.3) is 5.91 Å². The third-order valence-electron chi connectivity index (χ3n) is 5.11. The number of halogens is 2. The average molecular weight is 403 g/mol. The molecular formula is C19H19F2N5O3. The molecular weight excluding hydrogens is 384 g/mol. The lowest BCUT2D eigenvalue weighted by molar-refractivity contribution is -0.114. The summed E-state index contributed by atoms with van der Waals surface area (Å²) in [6, 6.07) is 2.59. The molecule has 2 heterocycles. The maximum Gasteiger partial charge on any atom is 0.270 e. The predicted molar refractivity (Wildman–Crippen MR) is 99.1 cm³/mol. The Hall–Kier alpha value is -2.98. The number of carbonyl (C=O) groups excluding carboxylic acids is 1. The van der Waals surface area contributed by atoms with Crippen LogP contribution in [0.5, 0.6) is 0 Å². The summed E-state index contributed by atoms with van der Waals surface area (Å²) in [4.78, 5) is 25.2. The number of amides is 1. The monoisotopic (exact) mass is 403 g/mol. The number of anilines is 1. The first-order chi connectivity index (χ1) is 13.9. The van der Waals surface area contributed by atoms with Crippen LogP contribution in [-0.2, 0) is 17.9 Å². The zero-order chi connectivity index (χ0) is 20.5. The molecule has 0 radical (unpaired) electrons. The Balaban J connectivity index is 1.51. The topological polar surface area (TPSA) is 120 Å². The normalized spacial score (nSPS) is 22.9. The number of hydrogen-bond acceptors (Lipinski definition) is 7. The van der Waals surface area contributed by atoms with Crippen molar-refractivity contribution in [3.8, 4) is 0 Å². The molecule has 4 rings (SSSR count). The van der Waals surface area contributed by atoms with E-state index >= 15 is 0 Å². The molecule has 29 heavy (non-hydrogen) atoms. The number of nitrogens with one attached hydrogen (secondary N) is 2. The van der Waals surface area contributed by atoms with Crippen molar-refractivity contribution in [3.05, 3.63) is 53.0 Å². The molecule has 1 aliphatic heterocycles. The van der Waals surface area contributed by atoms with Crippen LogP contribution in [0.1, 0.15) is 29.7 Å². The van der Waals surface area contributed by atoms with Crippen LogP contribution in [-0.4, -0.2) is 50.0 Å². The fraction of sp³-hybridized carbons (Fsp3) is 0.368. The summed E-state index contributed by atoms with van der Waals surface area (Å²) >= 11 is 0. The molecule has 4 N–H and O–H groups in total. The predicted octanol–water partition coefficient (Wildman–Crippen LogP) is 0.670. The molecule has 1 aliphatic carbocycles. The van der Waals surface area contributed by atoms with Crippen LogP contribution in [0.15, 0.2) is 29.5 Å². The van der Waals surface area contributed by atoms with Crippen molar-refractivity contribution in [2.75, 3.05) is 5.32 Å². The van der Waals surface area contributed by atoms with Crippen molar-refractivity contribution in [1.82, 2.24) is 15.3 Å². The number of fused-ring (bicyclic) bond motifs is 1. The molecule has 2 aromatic rings. The zero-order valence-electron chi connectivity index (χ0n) is 15.3. The summed E-state index contributed by atoms with van der Waals surface area (Å²) in [7, 11) is 0. The lowest BCUT2D eigenvalue weighted by atomic mass is 10.1. The van der Waals surface area contributed by atoms with Gasteiger partial charge in [0.05, 0.1) is 36.1 Å². The van der Waals surface area contributed by atoms with E-state index in [2.05, 4.69) is 25.6 Å². The van der Waals surface area contributed by atoms with Crippen LogP contribution < -0.4 is 10.6 Å². The van der Waals surface area contributed by atoms with Crippen LogP contribution in [0, 0.1) is 11.6 Å². The van der Waals surface area contributed by atoms with Gasteiger partial charge in [-0.1, -0.05) is 0 Å². The fourth-order valence-electron chi connectivity index (χ4n) is 3.55. The van der Waals surface area contributed by atoms with Crippen LogP contribution in [0.3, 0.4) is 0 Å². The summed E-state index contributed by atoms with van der Waals surface area (Å²) in [5, 5.41) is 25.4. The van der Waals surface area contributed by atoms with Crippen LogP contribution in [0.2, 0.25) is 0 Å². The lowest BCUT2D eigenvalue weighted by Gasteiger charge is -2.20. The third-order valence-corrected chi connectivity index (χ3v) is 5.11. The number of aliphatic imine (C=N–C) groups is 1. The largest absolute Gasteiger partial charge is 0.390 e. The molecule has 1 fully saturated rings. The van der Waals surface area contributed by atoms with E-state index in [1.165, 1.54) is 6.33 Å². The van der Waals surface area contributed by atoms with Crippen molar-refractivity contribution in [2.24, 2.45) is 4.99 Å². The second-order valence-corrected chi connectivity index (χ2v) is 7.01. The van der Waals surface area contributed by atoms with E-state index in [0.717, 1.165) is 18.2 Å². The highest BCUT2D eigenvalue weighted by molar-refractivity contribution is 6.47. The minimum atomic E-state index is -0.952. The maximum absolute atomic E-state index is 13.8. The SMILES string of the molecule is O=C(NCc1cc(F)ccc1F)C1=NCc2ncnc(N[C@@H]3CC[C@@H](O)[C@H]3O)c21. The first-order valence-corrected chi connectivity index (χ1v) is 9.17. The van der Waals surface area contributed by atoms with Gasteiger partial charge in [-0.3, -0.25) is 9.79 Å². The Morgan fingerprint density at radius 2 is 2.03 bits per heavy atom. The molecule has 0 spiro atoms. The van der Waals surface area contributed by atoms with Gasteiger partial charge in [-0.2, -0.15) is 0 Å². The van der Waals surface area contributed by atoms with Gasteiger partial charge in [0.15, 0.2) is 0 Å². The van der Waals surface area contributed by atoms with Gasteiger partial charge in [-0.05, 0) is 31.0 Å². The smallest absolute Gasteiger partial charge is 0.270 e. The van der Waals surface area contributed by atoms with Crippen LogP contribution in [0.4, 0.5) is 14.6 Å². The van der Waals surface area contributed by atoms with Gasteiger partial charge in [-0.25, -0.2) is 18.7 Å². The van der Waals surface area contributed by atoms with Gasteiger partial charge in [0, 0.05) is 12.1 Å². The molecule has 0 saturated heterocycles. The van der Waals surface area contributed by atoms with E-state index in [1.807, 2.05) is 0 Å². The number of benzene rings is 1. The molecule has 152 valence electrons. The van der Waals surface area contributed by atoms with E-state index < -0.39 is 35.8 Å². The first-order valence-electron chi connectivity index (χ1n) is 9.17. The molecule has 1 saturated carbocycles. The molecule has 0 unspecified atom stereocenters. The average Bonchev–Trinajstić information content (AvgIpc) is 3.28. The Labute approximate surface area is 164 Å². The molecule has 1 aromatic heterocycles. The van der Waals surface area contributed by atoms with E-state index in [4.69, 9.17) is 0 Å². The first kappa shape index (κ1) is 19.3. The van der Waals surface area contributed by atoms with E-state index in [9.17, 15) is 23.8 Å². The summed E-state index contributed by atoms with van der Waals surface area (Å²) in [5.74, 6) is -1.47. The highest BCUT2D eigenvalue weighted by Gasteiger charge is 2.35. The van der Waals surface area contributed by atoms with Crippen molar-refractivity contribution in [3.63, 3.8) is 0 Å². The van der Waals surface area contributed by atoms with E-state index in [-0.39, 0.29) is 24.4 Å². The molecule has 1 amide bonds. The highest BCUT2D eigenvalue weighted by atomic mass is 19.1. The number of rotatable bonds is 5. The van der Waals surface area contributed by atoms with Gasteiger partial charge >= 0.3 is 0 Å². The highest BCUT2D eigenvalue weighted by Crippen LogP contribution is 2.28. The summed E-state index contributed by atoms with van der Waals surface area (Å²) in [6.45, 7) is -0.0276. The van der Waals surface area contributed by atoms with Gasteiger partial charge in [0.2, 0.25) is 0 Å². The van der Waals surface area contributed by atoms with Crippen molar-refractivity contribution in [1.29, 1.82) is 0 Å². The minimum absolute atomic E-state index is 0.0166. The molecule has 1 aromatic carbocycles. The van der Waals surface area contributed by atoms with Crippen molar-refractivity contribution < 1.29 is 23.8 Å². The summed E-state index contributed by atoms with van der Waals surface area (Å²) in [5.41, 5.74) is 1.03. The van der Waals surface area contributed by atoms with Crippen LogP contribution in [0.25, 0.3) is 0 Å². The molecule has 8 nitrogen and oxygen atoms in total. The summed E-state index contributed by atoms with van der Waals surface area (Å²) in [6.07, 6.45) is 0.551. The number of carbonyl (C=O) groups is 1. The number of aromatic nitrogens is 2. The van der Waals surface area contributed by atoms with Gasteiger partial charge in [0.1, 0.15) is 29.5 Å². The zero-order valence-corrected chi connectivity index (χ0v) is 15.3. The maximum atomic E-state index is 13.8. The Bertz CT molecular complexity index is 984. The second-order valence-electron chi connectivity index (χ2n) is 7.01. The Kier molecular flexibility index (Phi) is 5.20. The molecule has 10 heteroatoms. The number of aliphatic hydroxyl groups is 2. The fourth-order valence-corrected chi connectivity index (χ4v) is 3.55. The van der Waals surface area contributed by atoms with E-state index in [0.29, 0.717) is 29.9 Å². The summed E-state index contributed by atoms with van der Waals surface area (Å²) < 4.78 is 27.1. The molecule has 0 bridgehead atoms. The third kappa shape index (κ3) is 3.81. The standard InChI is InChI=1S/C19H19F2N5O3/c20-10-1-2-11(21)9(5-10)6-23-19(29)16-15-13(7-22-16)24-8-25-18(15)26-12-3-4-14(27)17(12)28/h1-2,5,8,12,14,17,27-28H,3-4,6-7H2,(H,23,29)(H,24,25,26)/t12-,14-,17+/m1/s1. The minimum Gasteiger partial charge on any atom is -0.390 e. The number of nitrogens with zero attached hydrogens (tertiary/aromatic N) is 3. The number of hydrogen-bond donors (Lipinski definition) is 4. The van der Waals surface area contributed by atoms with Crippen LogP contribution >= 0.6 is 0 Å². The molecule has 2 aliphatic rings. The second kappa shape index (κ2) is 7.80.